The molecular weight excluding hydrogens is 90.1 g/mol. The maximum absolute atomic E-state index is 8.11. The fourth-order valence-electron chi connectivity index (χ4n) is 0.258. The summed E-state index contributed by atoms with van der Waals surface area (Å²) in [6.07, 6.45) is 2.74. The summed E-state index contributed by atoms with van der Waals surface area (Å²) in [6.45, 7) is 0.802. The summed E-state index contributed by atoms with van der Waals surface area (Å²) in [5.74, 6) is 0. The zero-order valence-corrected chi connectivity index (χ0v) is 4.76. The normalized spacial score (nSPS) is 11.3. The standard InChI is InChI=1S/C5H11NO/c1-6(2)4-3-5-7/h3,5,7H,4H2,1-2H3/b5-3+. The first-order valence-electron chi connectivity index (χ1n) is 2.21. The molecule has 0 aliphatic heterocycles. The Kier molecular flexibility index (Phi) is 3.42. The molecule has 0 aliphatic carbocycles. The lowest BCUT2D eigenvalue weighted by Gasteiger charge is -2.01. The van der Waals surface area contributed by atoms with Gasteiger partial charge in [0.2, 0.25) is 0 Å². The molecule has 0 spiro atoms. The molecule has 0 bridgehead atoms. The summed E-state index contributed by atoms with van der Waals surface area (Å²) in [5.41, 5.74) is 0. The molecule has 0 aliphatic rings. The quantitative estimate of drug-likeness (QED) is 0.515. The van der Waals surface area contributed by atoms with E-state index in [1.54, 1.807) is 6.08 Å². The van der Waals surface area contributed by atoms with Gasteiger partial charge in [-0.3, -0.25) is 0 Å². The topological polar surface area (TPSA) is 23.5 Å². The largest absolute Gasteiger partial charge is 0.516 e. The van der Waals surface area contributed by atoms with Crippen molar-refractivity contribution < 1.29 is 5.11 Å². The molecule has 0 aromatic heterocycles. The number of likely N-dealkylation sites (N-methyl/N-ethyl adjacent to an activating group) is 1. The van der Waals surface area contributed by atoms with E-state index in [0.29, 0.717) is 0 Å². The highest BCUT2D eigenvalue weighted by Gasteiger charge is 1.77. The van der Waals surface area contributed by atoms with E-state index < -0.39 is 0 Å². The second-order valence-corrected chi connectivity index (χ2v) is 1.65. The van der Waals surface area contributed by atoms with E-state index in [2.05, 4.69) is 0 Å². The van der Waals surface area contributed by atoms with E-state index >= 15 is 0 Å². The molecule has 1 N–H and O–H groups in total. The molecule has 0 amide bonds. The van der Waals surface area contributed by atoms with E-state index in [0.717, 1.165) is 12.8 Å². The summed E-state index contributed by atoms with van der Waals surface area (Å²) >= 11 is 0. The third kappa shape index (κ3) is 5.50. The van der Waals surface area contributed by atoms with Crippen molar-refractivity contribution in [2.24, 2.45) is 0 Å². The Morgan fingerprint density at radius 1 is 1.57 bits per heavy atom. The SMILES string of the molecule is CN(C)C/C=C/O. The molecule has 0 unspecified atom stereocenters. The Labute approximate surface area is 44.1 Å². The van der Waals surface area contributed by atoms with Crippen molar-refractivity contribution in [2.45, 2.75) is 0 Å². The molecule has 2 nitrogen and oxygen atoms in total. The second kappa shape index (κ2) is 3.68. The van der Waals surface area contributed by atoms with Crippen LogP contribution in [0, 0.1) is 0 Å². The van der Waals surface area contributed by atoms with Crippen LogP contribution >= 0.6 is 0 Å². The van der Waals surface area contributed by atoms with Crippen LogP contribution in [0.25, 0.3) is 0 Å². The van der Waals surface area contributed by atoms with Gasteiger partial charge < -0.3 is 10.0 Å². The van der Waals surface area contributed by atoms with Gasteiger partial charge in [0.1, 0.15) is 0 Å². The first kappa shape index (κ1) is 6.50. The molecule has 0 aromatic carbocycles. The lowest BCUT2D eigenvalue weighted by Crippen LogP contribution is -2.10. The number of nitrogens with zero attached hydrogens (tertiary/aromatic N) is 1. The van der Waals surface area contributed by atoms with Crippen LogP contribution < -0.4 is 0 Å². The number of aliphatic hydroxyl groups excluding tert-OH is 1. The highest BCUT2D eigenvalue weighted by molar-refractivity contribution is 4.73. The van der Waals surface area contributed by atoms with Gasteiger partial charge in [0, 0.05) is 6.54 Å². The molecule has 0 heterocycles. The van der Waals surface area contributed by atoms with Crippen LogP contribution in [0.2, 0.25) is 0 Å². The van der Waals surface area contributed by atoms with Crippen molar-refractivity contribution in [3.05, 3.63) is 12.3 Å². The monoisotopic (exact) mass is 101 g/mol. The fourth-order valence-corrected chi connectivity index (χ4v) is 0.258. The Hall–Kier alpha value is -0.500. The van der Waals surface area contributed by atoms with Gasteiger partial charge in [0.25, 0.3) is 0 Å². The molecule has 0 rings (SSSR count). The number of hydrogen-bond acceptors (Lipinski definition) is 2. The average Bonchev–Trinajstić information content (AvgIpc) is 1.61. The van der Waals surface area contributed by atoms with Gasteiger partial charge in [-0.1, -0.05) is 0 Å². The molecular formula is C5H11NO. The van der Waals surface area contributed by atoms with Crippen LogP contribution in [0.15, 0.2) is 12.3 Å². The van der Waals surface area contributed by atoms with Crippen molar-refractivity contribution in [1.29, 1.82) is 0 Å². The molecule has 42 valence electrons. The van der Waals surface area contributed by atoms with Crippen LogP contribution in [-0.2, 0) is 0 Å². The Morgan fingerprint density at radius 3 is 2.29 bits per heavy atom. The maximum atomic E-state index is 8.11. The van der Waals surface area contributed by atoms with Gasteiger partial charge in [0.05, 0.1) is 6.26 Å². The van der Waals surface area contributed by atoms with E-state index in [4.69, 9.17) is 5.11 Å². The highest BCUT2D eigenvalue weighted by atomic mass is 16.2. The van der Waals surface area contributed by atoms with Gasteiger partial charge >= 0.3 is 0 Å². The van der Waals surface area contributed by atoms with Crippen molar-refractivity contribution in [3.8, 4) is 0 Å². The molecule has 0 saturated heterocycles. The third-order valence-electron chi connectivity index (χ3n) is 0.576. The number of aliphatic hydroxyl groups is 1. The third-order valence-corrected chi connectivity index (χ3v) is 0.576. The first-order chi connectivity index (χ1) is 3.27. The van der Waals surface area contributed by atoms with Gasteiger partial charge in [-0.15, -0.1) is 0 Å². The number of rotatable bonds is 2. The zero-order chi connectivity index (χ0) is 5.70. The van der Waals surface area contributed by atoms with Crippen LogP contribution in [0.1, 0.15) is 0 Å². The molecule has 7 heavy (non-hydrogen) atoms. The van der Waals surface area contributed by atoms with Crippen LogP contribution in [-0.4, -0.2) is 30.6 Å². The number of hydrogen-bond donors (Lipinski definition) is 1. The summed E-state index contributed by atoms with van der Waals surface area (Å²) < 4.78 is 0. The first-order valence-corrected chi connectivity index (χ1v) is 2.21. The fraction of sp³-hybridized carbons (Fsp3) is 0.600. The van der Waals surface area contributed by atoms with Crippen LogP contribution in [0.4, 0.5) is 0 Å². The smallest absolute Gasteiger partial charge is 0.0764 e. The summed E-state index contributed by atoms with van der Waals surface area (Å²) in [7, 11) is 3.89. The average molecular weight is 101 g/mol. The van der Waals surface area contributed by atoms with E-state index in [-0.39, 0.29) is 0 Å². The minimum absolute atomic E-state index is 0.802. The summed E-state index contributed by atoms with van der Waals surface area (Å²) in [4.78, 5) is 1.96. The van der Waals surface area contributed by atoms with E-state index in [9.17, 15) is 0 Å². The van der Waals surface area contributed by atoms with Gasteiger partial charge in [-0.2, -0.15) is 0 Å². The summed E-state index contributed by atoms with van der Waals surface area (Å²) in [5, 5.41) is 8.11. The maximum Gasteiger partial charge on any atom is 0.0764 e. The Balaban J connectivity index is 2.97. The molecule has 0 fully saturated rings. The van der Waals surface area contributed by atoms with Crippen LogP contribution in [0.5, 0.6) is 0 Å². The van der Waals surface area contributed by atoms with E-state index in [1.165, 1.54) is 0 Å². The highest BCUT2D eigenvalue weighted by Crippen LogP contribution is 1.72. The Morgan fingerprint density at radius 2 is 2.14 bits per heavy atom. The van der Waals surface area contributed by atoms with Gasteiger partial charge in [0.15, 0.2) is 0 Å². The van der Waals surface area contributed by atoms with Crippen molar-refractivity contribution in [2.75, 3.05) is 20.6 Å². The van der Waals surface area contributed by atoms with Crippen molar-refractivity contribution in [1.82, 2.24) is 4.90 Å². The Bertz CT molecular complexity index is 59.1. The second-order valence-electron chi connectivity index (χ2n) is 1.65. The van der Waals surface area contributed by atoms with Crippen molar-refractivity contribution in [3.63, 3.8) is 0 Å². The molecule has 0 radical (unpaired) electrons. The predicted octanol–water partition coefficient (Wildman–Crippen LogP) is 0.620. The van der Waals surface area contributed by atoms with Crippen molar-refractivity contribution >= 4 is 0 Å². The van der Waals surface area contributed by atoms with E-state index in [1.807, 2.05) is 19.0 Å². The predicted molar refractivity (Wildman–Crippen MR) is 30.3 cm³/mol. The zero-order valence-electron chi connectivity index (χ0n) is 4.76. The minimum atomic E-state index is 0.802. The minimum Gasteiger partial charge on any atom is -0.516 e. The summed E-state index contributed by atoms with van der Waals surface area (Å²) in [6, 6.07) is 0. The lowest BCUT2D eigenvalue weighted by molar-refractivity contribution is 0.435. The lowest BCUT2D eigenvalue weighted by atomic mass is 10.6. The van der Waals surface area contributed by atoms with Gasteiger partial charge in [-0.05, 0) is 20.2 Å². The molecule has 0 atom stereocenters. The molecule has 0 aromatic rings. The van der Waals surface area contributed by atoms with Gasteiger partial charge in [-0.25, -0.2) is 0 Å². The molecule has 2 heteroatoms. The van der Waals surface area contributed by atoms with Crippen LogP contribution in [0.3, 0.4) is 0 Å². The molecule has 0 saturated carbocycles.